The molecule has 1 atom stereocenters. The molecule has 2 amide bonds. The second-order valence-electron chi connectivity index (χ2n) is 4.21. The zero-order valence-corrected chi connectivity index (χ0v) is 12.8. The standard InChI is InChI=1S/C12H14BrClN2O3/c1-7(11(17)18)6-16(2)12(19)15-10-4-8(13)3-9(14)5-10/h3-5,7H,6H2,1-2H3,(H,15,19)(H,17,18). The SMILES string of the molecule is CC(CN(C)C(=O)Nc1cc(Cl)cc(Br)c1)C(=O)O. The molecule has 0 radical (unpaired) electrons. The molecular weight excluding hydrogens is 336 g/mol. The van der Waals surface area contributed by atoms with Crippen molar-refractivity contribution in [2.45, 2.75) is 6.92 Å². The van der Waals surface area contributed by atoms with Crippen molar-refractivity contribution in [1.82, 2.24) is 4.90 Å². The van der Waals surface area contributed by atoms with Crippen LogP contribution in [0.3, 0.4) is 0 Å². The maximum absolute atomic E-state index is 11.9. The average molecular weight is 350 g/mol. The van der Waals surface area contributed by atoms with Gasteiger partial charge in [-0.1, -0.05) is 34.5 Å². The van der Waals surface area contributed by atoms with Crippen LogP contribution in [0.25, 0.3) is 0 Å². The van der Waals surface area contributed by atoms with Gasteiger partial charge in [-0.2, -0.15) is 0 Å². The van der Waals surface area contributed by atoms with Gasteiger partial charge in [-0.25, -0.2) is 4.79 Å². The van der Waals surface area contributed by atoms with E-state index in [0.29, 0.717) is 10.7 Å². The first-order valence-corrected chi connectivity index (χ1v) is 6.67. The van der Waals surface area contributed by atoms with Crippen molar-refractivity contribution in [2.75, 3.05) is 18.9 Å². The van der Waals surface area contributed by atoms with Gasteiger partial charge in [0.2, 0.25) is 0 Å². The van der Waals surface area contributed by atoms with Gasteiger partial charge < -0.3 is 15.3 Å². The molecular formula is C12H14BrClN2O3. The molecule has 1 unspecified atom stereocenters. The molecule has 1 aromatic carbocycles. The van der Waals surface area contributed by atoms with Crippen LogP contribution in [0.1, 0.15) is 6.92 Å². The Morgan fingerprint density at radius 3 is 2.63 bits per heavy atom. The zero-order valence-electron chi connectivity index (χ0n) is 10.5. The van der Waals surface area contributed by atoms with E-state index in [4.69, 9.17) is 16.7 Å². The first-order valence-electron chi connectivity index (χ1n) is 5.50. The van der Waals surface area contributed by atoms with E-state index in [9.17, 15) is 9.59 Å². The molecule has 0 fully saturated rings. The lowest BCUT2D eigenvalue weighted by Crippen LogP contribution is -2.36. The number of rotatable bonds is 4. The van der Waals surface area contributed by atoms with E-state index in [0.717, 1.165) is 4.47 Å². The van der Waals surface area contributed by atoms with Gasteiger partial charge in [-0.15, -0.1) is 0 Å². The number of halogens is 2. The van der Waals surface area contributed by atoms with Gasteiger partial charge in [-0.05, 0) is 18.2 Å². The lowest BCUT2D eigenvalue weighted by Gasteiger charge is -2.20. The van der Waals surface area contributed by atoms with E-state index >= 15 is 0 Å². The second-order valence-corrected chi connectivity index (χ2v) is 5.56. The molecule has 0 saturated carbocycles. The fourth-order valence-corrected chi connectivity index (χ4v) is 2.28. The molecule has 0 aliphatic carbocycles. The molecule has 5 nitrogen and oxygen atoms in total. The Hall–Kier alpha value is -1.27. The van der Waals surface area contributed by atoms with Crippen molar-refractivity contribution in [3.8, 4) is 0 Å². The van der Waals surface area contributed by atoms with Gasteiger partial charge in [0.15, 0.2) is 0 Å². The number of hydrogen-bond acceptors (Lipinski definition) is 2. The van der Waals surface area contributed by atoms with Crippen molar-refractivity contribution in [2.24, 2.45) is 5.92 Å². The fourth-order valence-electron chi connectivity index (χ4n) is 1.42. The summed E-state index contributed by atoms with van der Waals surface area (Å²) in [6, 6.07) is 4.63. The zero-order chi connectivity index (χ0) is 14.6. The highest BCUT2D eigenvalue weighted by molar-refractivity contribution is 9.10. The van der Waals surface area contributed by atoms with Crippen LogP contribution in [-0.2, 0) is 4.79 Å². The highest BCUT2D eigenvalue weighted by atomic mass is 79.9. The normalized spacial score (nSPS) is 11.8. The molecule has 0 saturated heterocycles. The topological polar surface area (TPSA) is 69.6 Å². The first kappa shape index (κ1) is 15.8. The van der Waals surface area contributed by atoms with E-state index in [1.165, 1.54) is 11.9 Å². The van der Waals surface area contributed by atoms with Gasteiger partial charge in [0.1, 0.15) is 0 Å². The predicted octanol–water partition coefficient (Wildman–Crippen LogP) is 3.29. The molecule has 19 heavy (non-hydrogen) atoms. The molecule has 0 heterocycles. The Kier molecular flexibility index (Phi) is 5.62. The Morgan fingerprint density at radius 1 is 1.47 bits per heavy atom. The number of carbonyl (C=O) groups is 2. The van der Waals surface area contributed by atoms with Crippen LogP contribution in [-0.4, -0.2) is 35.6 Å². The van der Waals surface area contributed by atoms with Crippen LogP contribution < -0.4 is 5.32 Å². The highest BCUT2D eigenvalue weighted by Gasteiger charge is 2.17. The fraction of sp³-hybridized carbons (Fsp3) is 0.333. The minimum Gasteiger partial charge on any atom is -0.481 e. The molecule has 0 aliphatic heterocycles. The molecule has 2 N–H and O–H groups in total. The van der Waals surface area contributed by atoms with Crippen molar-refractivity contribution in [1.29, 1.82) is 0 Å². The van der Waals surface area contributed by atoms with E-state index < -0.39 is 11.9 Å². The maximum atomic E-state index is 11.9. The van der Waals surface area contributed by atoms with Crippen LogP contribution in [0.5, 0.6) is 0 Å². The third-order valence-electron chi connectivity index (χ3n) is 2.43. The number of amides is 2. The molecule has 1 aromatic rings. The summed E-state index contributed by atoms with van der Waals surface area (Å²) in [6.07, 6.45) is 0. The largest absolute Gasteiger partial charge is 0.481 e. The van der Waals surface area contributed by atoms with Crippen molar-refractivity contribution >= 4 is 45.2 Å². The van der Waals surface area contributed by atoms with E-state index in [-0.39, 0.29) is 12.6 Å². The van der Waals surface area contributed by atoms with Crippen LogP contribution in [0, 0.1) is 5.92 Å². The lowest BCUT2D eigenvalue weighted by atomic mass is 10.2. The predicted molar refractivity (Wildman–Crippen MR) is 77.6 cm³/mol. The van der Waals surface area contributed by atoms with Crippen molar-refractivity contribution < 1.29 is 14.7 Å². The molecule has 104 valence electrons. The summed E-state index contributed by atoms with van der Waals surface area (Å²) in [5, 5.41) is 11.9. The minimum atomic E-state index is -0.940. The molecule has 1 rings (SSSR count). The molecule has 0 aromatic heterocycles. The minimum absolute atomic E-state index is 0.128. The first-order chi connectivity index (χ1) is 8.79. The molecule has 0 spiro atoms. The summed E-state index contributed by atoms with van der Waals surface area (Å²) in [4.78, 5) is 23.9. The number of carboxylic acid groups (broad SMARTS) is 1. The highest BCUT2D eigenvalue weighted by Crippen LogP contribution is 2.23. The number of carbonyl (C=O) groups excluding carboxylic acids is 1. The molecule has 0 bridgehead atoms. The summed E-state index contributed by atoms with van der Waals surface area (Å²) in [5.41, 5.74) is 0.541. The quantitative estimate of drug-likeness (QED) is 0.876. The Bertz CT molecular complexity index is 476. The van der Waals surface area contributed by atoms with Gasteiger partial charge in [0.05, 0.1) is 5.92 Å². The van der Waals surface area contributed by atoms with E-state index in [1.807, 2.05) is 0 Å². The summed E-state index contributed by atoms with van der Waals surface area (Å²) >= 11 is 9.14. The van der Waals surface area contributed by atoms with Crippen molar-refractivity contribution in [3.63, 3.8) is 0 Å². The monoisotopic (exact) mass is 348 g/mol. The summed E-state index contributed by atoms with van der Waals surface area (Å²) < 4.78 is 0.747. The number of nitrogens with zero attached hydrogens (tertiary/aromatic N) is 1. The van der Waals surface area contributed by atoms with Gasteiger partial charge >= 0.3 is 12.0 Å². The number of urea groups is 1. The van der Waals surface area contributed by atoms with Crippen LogP contribution in [0.4, 0.5) is 10.5 Å². The van der Waals surface area contributed by atoms with Crippen molar-refractivity contribution in [3.05, 3.63) is 27.7 Å². The molecule has 0 aliphatic rings. The van der Waals surface area contributed by atoms with Crippen LogP contribution >= 0.6 is 27.5 Å². The number of benzene rings is 1. The Labute approximate surface area is 124 Å². The maximum Gasteiger partial charge on any atom is 0.321 e. The number of hydrogen-bond donors (Lipinski definition) is 2. The van der Waals surface area contributed by atoms with Gasteiger partial charge in [-0.3, -0.25) is 4.79 Å². The van der Waals surface area contributed by atoms with E-state index in [2.05, 4.69) is 21.2 Å². The third-order valence-corrected chi connectivity index (χ3v) is 3.11. The smallest absolute Gasteiger partial charge is 0.321 e. The van der Waals surface area contributed by atoms with Gasteiger partial charge in [0.25, 0.3) is 0 Å². The average Bonchev–Trinajstić information content (AvgIpc) is 2.26. The van der Waals surface area contributed by atoms with E-state index in [1.54, 1.807) is 25.1 Å². The number of carboxylic acids is 1. The second kappa shape index (κ2) is 6.77. The van der Waals surface area contributed by atoms with Crippen LogP contribution in [0.15, 0.2) is 22.7 Å². The number of anilines is 1. The lowest BCUT2D eigenvalue weighted by molar-refractivity contribution is -0.141. The number of aliphatic carboxylic acids is 1. The Balaban J connectivity index is 2.66. The third kappa shape index (κ3) is 5.08. The molecule has 7 heteroatoms. The Morgan fingerprint density at radius 2 is 2.11 bits per heavy atom. The summed E-state index contributed by atoms with van der Waals surface area (Å²) in [5.74, 6) is -1.56. The summed E-state index contributed by atoms with van der Waals surface area (Å²) in [6.45, 7) is 1.67. The van der Waals surface area contributed by atoms with Gasteiger partial charge in [0, 0.05) is 28.8 Å². The van der Waals surface area contributed by atoms with Crippen LogP contribution in [0.2, 0.25) is 5.02 Å². The number of nitrogens with one attached hydrogen (secondary N) is 1. The summed E-state index contributed by atoms with van der Waals surface area (Å²) in [7, 11) is 1.54.